The normalized spacial score (nSPS) is 11.0. The molecule has 0 unspecified atom stereocenters. The van der Waals surface area contributed by atoms with Crippen LogP contribution in [-0.4, -0.2) is 10.5 Å². The van der Waals surface area contributed by atoms with E-state index in [4.69, 9.17) is 9.15 Å². The van der Waals surface area contributed by atoms with E-state index in [0.29, 0.717) is 16.7 Å². The molecule has 0 aliphatic carbocycles. The van der Waals surface area contributed by atoms with Crippen molar-refractivity contribution >= 4 is 16.9 Å². The van der Waals surface area contributed by atoms with Gasteiger partial charge in [0.05, 0.1) is 5.56 Å². The quantitative estimate of drug-likeness (QED) is 0.370. The van der Waals surface area contributed by atoms with E-state index in [-0.39, 0.29) is 6.61 Å². The standard InChI is InChI=1S/C24H21NO4/c1-15-9-10-20-18(13-23(26)29-22(20)11-15)14-28-24(27)21-12-16(2)25(17(21)3)19-7-5-4-6-8-19/h4-13H,14H2,1-3H3. The summed E-state index contributed by atoms with van der Waals surface area (Å²) >= 11 is 0. The molecule has 29 heavy (non-hydrogen) atoms. The summed E-state index contributed by atoms with van der Waals surface area (Å²) in [6.07, 6.45) is 0. The van der Waals surface area contributed by atoms with Crippen LogP contribution in [0.15, 0.2) is 69.9 Å². The van der Waals surface area contributed by atoms with Gasteiger partial charge in [-0.05, 0) is 50.6 Å². The van der Waals surface area contributed by atoms with Crippen molar-refractivity contribution in [1.82, 2.24) is 4.57 Å². The van der Waals surface area contributed by atoms with E-state index >= 15 is 0 Å². The van der Waals surface area contributed by atoms with Crippen LogP contribution in [-0.2, 0) is 11.3 Å². The summed E-state index contributed by atoms with van der Waals surface area (Å²) in [5.41, 5.74) is 4.90. The van der Waals surface area contributed by atoms with Crippen LogP contribution in [0.2, 0.25) is 0 Å². The third-order valence-electron chi connectivity index (χ3n) is 5.01. The molecule has 146 valence electrons. The second kappa shape index (κ2) is 7.43. The van der Waals surface area contributed by atoms with Crippen molar-refractivity contribution in [3.05, 3.63) is 99.2 Å². The molecule has 2 aromatic carbocycles. The van der Waals surface area contributed by atoms with E-state index in [9.17, 15) is 9.59 Å². The first-order valence-corrected chi connectivity index (χ1v) is 9.39. The predicted molar refractivity (Wildman–Crippen MR) is 112 cm³/mol. The van der Waals surface area contributed by atoms with Gasteiger partial charge >= 0.3 is 11.6 Å². The molecule has 5 nitrogen and oxygen atoms in total. The molecule has 0 amide bonds. The summed E-state index contributed by atoms with van der Waals surface area (Å²) in [6, 6.07) is 18.7. The monoisotopic (exact) mass is 387 g/mol. The Morgan fingerprint density at radius 2 is 1.76 bits per heavy atom. The minimum absolute atomic E-state index is 0.000993. The Morgan fingerprint density at radius 1 is 1.00 bits per heavy atom. The first-order chi connectivity index (χ1) is 13.9. The molecule has 0 N–H and O–H groups in total. The van der Waals surface area contributed by atoms with E-state index in [1.54, 1.807) is 6.07 Å². The van der Waals surface area contributed by atoms with E-state index in [2.05, 4.69) is 0 Å². The summed E-state index contributed by atoms with van der Waals surface area (Å²) in [6.45, 7) is 5.77. The molecular formula is C24H21NO4. The Bertz CT molecular complexity index is 1270. The van der Waals surface area contributed by atoms with Crippen LogP contribution in [0.1, 0.15) is 32.9 Å². The highest BCUT2D eigenvalue weighted by molar-refractivity contribution is 5.91. The van der Waals surface area contributed by atoms with Gasteiger partial charge in [-0.15, -0.1) is 0 Å². The minimum atomic E-state index is -0.462. The van der Waals surface area contributed by atoms with Crippen molar-refractivity contribution in [2.24, 2.45) is 0 Å². The molecule has 0 spiro atoms. The maximum absolute atomic E-state index is 12.8. The molecule has 0 radical (unpaired) electrons. The zero-order chi connectivity index (χ0) is 20.5. The van der Waals surface area contributed by atoms with E-state index < -0.39 is 11.6 Å². The summed E-state index contributed by atoms with van der Waals surface area (Å²) in [7, 11) is 0. The number of aryl methyl sites for hydroxylation is 2. The molecule has 0 aliphatic rings. The number of benzene rings is 2. The van der Waals surface area contributed by atoms with Crippen molar-refractivity contribution in [1.29, 1.82) is 0 Å². The second-order valence-corrected chi connectivity index (χ2v) is 7.12. The lowest BCUT2D eigenvalue weighted by Crippen LogP contribution is -2.09. The highest BCUT2D eigenvalue weighted by Gasteiger charge is 2.18. The highest BCUT2D eigenvalue weighted by Crippen LogP contribution is 2.23. The molecule has 5 heteroatoms. The van der Waals surface area contributed by atoms with Crippen molar-refractivity contribution in [2.75, 3.05) is 0 Å². The van der Waals surface area contributed by atoms with Crippen LogP contribution in [0.5, 0.6) is 0 Å². The smallest absolute Gasteiger partial charge is 0.340 e. The number of aromatic nitrogens is 1. The van der Waals surface area contributed by atoms with Gasteiger partial charge in [0.1, 0.15) is 12.2 Å². The Labute approximate surface area is 168 Å². The van der Waals surface area contributed by atoms with Crippen LogP contribution >= 0.6 is 0 Å². The zero-order valence-electron chi connectivity index (χ0n) is 16.6. The number of carbonyl (C=O) groups excluding carboxylic acids is 1. The van der Waals surface area contributed by atoms with Gasteiger partial charge in [-0.25, -0.2) is 9.59 Å². The summed E-state index contributed by atoms with van der Waals surface area (Å²) < 4.78 is 12.8. The topological polar surface area (TPSA) is 61.4 Å². The van der Waals surface area contributed by atoms with Crippen molar-refractivity contribution < 1.29 is 13.9 Å². The second-order valence-electron chi connectivity index (χ2n) is 7.12. The molecule has 0 fully saturated rings. The van der Waals surface area contributed by atoms with Gasteiger partial charge in [0.2, 0.25) is 0 Å². The van der Waals surface area contributed by atoms with Gasteiger partial charge in [0.25, 0.3) is 0 Å². The van der Waals surface area contributed by atoms with Crippen LogP contribution in [0.3, 0.4) is 0 Å². The fourth-order valence-electron chi connectivity index (χ4n) is 3.62. The molecule has 4 rings (SSSR count). The third kappa shape index (κ3) is 3.59. The fraction of sp³-hybridized carbons (Fsp3) is 0.167. The molecular weight excluding hydrogens is 366 g/mol. The third-order valence-corrected chi connectivity index (χ3v) is 5.01. The Kier molecular flexibility index (Phi) is 4.80. The molecule has 4 aromatic rings. The van der Waals surface area contributed by atoms with E-state index in [0.717, 1.165) is 28.0 Å². The first-order valence-electron chi connectivity index (χ1n) is 9.39. The SMILES string of the molecule is Cc1ccc2c(COC(=O)c3cc(C)n(-c4ccccc4)c3C)cc(=O)oc2c1. The summed E-state index contributed by atoms with van der Waals surface area (Å²) in [4.78, 5) is 24.7. The summed E-state index contributed by atoms with van der Waals surface area (Å²) in [5, 5.41) is 0.762. The van der Waals surface area contributed by atoms with Gasteiger partial charge in [-0.1, -0.05) is 30.3 Å². The number of fused-ring (bicyclic) bond motifs is 1. The predicted octanol–water partition coefficient (Wildman–Crippen LogP) is 4.87. The maximum Gasteiger partial charge on any atom is 0.340 e. The maximum atomic E-state index is 12.8. The van der Waals surface area contributed by atoms with Gasteiger partial charge < -0.3 is 13.7 Å². The lowest BCUT2D eigenvalue weighted by atomic mass is 10.1. The van der Waals surface area contributed by atoms with Gasteiger partial charge in [0, 0.05) is 34.1 Å². The number of rotatable bonds is 4. The average molecular weight is 387 g/mol. The van der Waals surface area contributed by atoms with Gasteiger partial charge in [-0.3, -0.25) is 0 Å². The number of nitrogens with zero attached hydrogens (tertiary/aromatic N) is 1. The number of ether oxygens (including phenoxy) is 1. The number of para-hydroxylation sites is 1. The molecule has 2 aromatic heterocycles. The van der Waals surface area contributed by atoms with Crippen molar-refractivity contribution in [3.8, 4) is 5.69 Å². The highest BCUT2D eigenvalue weighted by atomic mass is 16.5. The van der Waals surface area contributed by atoms with Crippen molar-refractivity contribution in [2.45, 2.75) is 27.4 Å². The van der Waals surface area contributed by atoms with Gasteiger partial charge in [-0.2, -0.15) is 0 Å². The summed E-state index contributed by atoms with van der Waals surface area (Å²) in [5.74, 6) is -0.422. The molecule has 0 atom stereocenters. The van der Waals surface area contributed by atoms with Crippen LogP contribution in [0, 0.1) is 20.8 Å². The Balaban J connectivity index is 1.62. The first kappa shape index (κ1) is 18.7. The largest absolute Gasteiger partial charge is 0.457 e. The van der Waals surface area contributed by atoms with Crippen LogP contribution < -0.4 is 5.63 Å². The van der Waals surface area contributed by atoms with Crippen molar-refractivity contribution in [3.63, 3.8) is 0 Å². The lowest BCUT2D eigenvalue weighted by Gasteiger charge is -2.10. The molecule has 0 bridgehead atoms. The fourth-order valence-corrected chi connectivity index (χ4v) is 3.62. The van der Waals surface area contributed by atoms with Gasteiger partial charge in [0.15, 0.2) is 0 Å². The minimum Gasteiger partial charge on any atom is -0.457 e. The molecule has 0 saturated heterocycles. The molecule has 0 saturated carbocycles. The number of hydrogen-bond donors (Lipinski definition) is 0. The zero-order valence-corrected chi connectivity index (χ0v) is 16.6. The average Bonchev–Trinajstić information content (AvgIpc) is 3.00. The van der Waals surface area contributed by atoms with E-state index in [1.807, 2.05) is 73.9 Å². The number of carbonyl (C=O) groups is 1. The van der Waals surface area contributed by atoms with E-state index in [1.165, 1.54) is 6.07 Å². The Hall–Kier alpha value is -3.60. The lowest BCUT2D eigenvalue weighted by molar-refractivity contribution is 0.0473. The van der Waals surface area contributed by atoms with Crippen LogP contribution in [0.25, 0.3) is 16.7 Å². The Morgan fingerprint density at radius 3 is 2.52 bits per heavy atom. The number of hydrogen-bond acceptors (Lipinski definition) is 4. The molecule has 2 heterocycles. The number of esters is 1. The van der Waals surface area contributed by atoms with Crippen LogP contribution in [0.4, 0.5) is 0 Å². The molecule has 0 aliphatic heterocycles.